The summed E-state index contributed by atoms with van der Waals surface area (Å²) in [6.07, 6.45) is 0. The average molecular weight is 390 g/mol. The summed E-state index contributed by atoms with van der Waals surface area (Å²) in [4.78, 5) is 16.8. The van der Waals surface area contributed by atoms with Gasteiger partial charge in [0.25, 0.3) is 0 Å². The van der Waals surface area contributed by atoms with E-state index in [1.165, 1.54) is 38.4 Å². The average Bonchev–Trinajstić information content (AvgIpc) is 2.98. The Hall–Kier alpha value is -2.29. The molecular weight excluding hydrogens is 372 g/mol. The van der Waals surface area contributed by atoms with Gasteiger partial charge in [-0.2, -0.15) is 0 Å². The van der Waals surface area contributed by atoms with E-state index < -0.39 is 16.0 Å². The first-order valence-electron chi connectivity index (χ1n) is 7.83. The molecule has 0 atom stereocenters. The molecule has 3 rings (SSSR count). The standard InChI is InChI=1S/C18H18N2O4S2/c1-12-19-16-9-13(7-8-17(16)25-12)11-24-18(21)14-5-4-6-15(10-14)26(22,23)20(2)3/h4-10H,11H2,1-3H3. The number of ether oxygens (including phenoxy) is 1. The number of carbonyl (C=O) groups excluding carboxylic acids is 1. The molecule has 26 heavy (non-hydrogen) atoms. The monoisotopic (exact) mass is 390 g/mol. The first-order valence-corrected chi connectivity index (χ1v) is 10.1. The normalized spacial score (nSPS) is 11.8. The molecule has 0 radical (unpaired) electrons. The van der Waals surface area contributed by atoms with Crippen LogP contribution in [0, 0.1) is 6.92 Å². The predicted molar refractivity (Wildman–Crippen MR) is 101 cm³/mol. The summed E-state index contributed by atoms with van der Waals surface area (Å²) >= 11 is 1.61. The summed E-state index contributed by atoms with van der Waals surface area (Å²) in [5, 5.41) is 0.980. The van der Waals surface area contributed by atoms with Crippen LogP contribution in [0.3, 0.4) is 0 Å². The molecule has 8 heteroatoms. The Kier molecular flexibility index (Phi) is 5.08. The Labute approximate surface area is 156 Å². The molecule has 0 fully saturated rings. The number of carbonyl (C=O) groups is 1. The number of hydrogen-bond donors (Lipinski definition) is 0. The predicted octanol–water partition coefficient (Wildman–Crippen LogP) is 3.21. The number of esters is 1. The van der Waals surface area contributed by atoms with Gasteiger partial charge in [0.15, 0.2) is 0 Å². The van der Waals surface area contributed by atoms with Gasteiger partial charge >= 0.3 is 5.97 Å². The Morgan fingerprint density at radius 1 is 1.19 bits per heavy atom. The van der Waals surface area contributed by atoms with Gasteiger partial charge in [-0.05, 0) is 42.8 Å². The van der Waals surface area contributed by atoms with Gasteiger partial charge in [0.1, 0.15) is 6.61 Å². The zero-order valence-corrected chi connectivity index (χ0v) is 16.2. The maximum absolute atomic E-state index is 12.3. The van der Waals surface area contributed by atoms with Gasteiger partial charge < -0.3 is 4.74 Å². The number of aromatic nitrogens is 1. The fourth-order valence-corrected chi connectivity index (χ4v) is 4.16. The second-order valence-electron chi connectivity index (χ2n) is 5.93. The van der Waals surface area contributed by atoms with E-state index in [2.05, 4.69) is 4.98 Å². The zero-order valence-electron chi connectivity index (χ0n) is 14.6. The smallest absolute Gasteiger partial charge is 0.338 e. The Morgan fingerprint density at radius 2 is 1.96 bits per heavy atom. The summed E-state index contributed by atoms with van der Waals surface area (Å²) in [6.45, 7) is 2.04. The van der Waals surface area contributed by atoms with Crippen molar-refractivity contribution in [1.29, 1.82) is 0 Å². The number of rotatable bonds is 5. The van der Waals surface area contributed by atoms with Crippen LogP contribution in [0.25, 0.3) is 10.2 Å². The lowest BCUT2D eigenvalue weighted by atomic mass is 10.2. The number of fused-ring (bicyclic) bond motifs is 1. The molecule has 0 N–H and O–H groups in total. The highest BCUT2D eigenvalue weighted by Crippen LogP contribution is 2.23. The Morgan fingerprint density at radius 3 is 2.69 bits per heavy atom. The van der Waals surface area contributed by atoms with Gasteiger partial charge in [0, 0.05) is 14.1 Å². The lowest BCUT2D eigenvalue weighted by molar-refractivity contribution is 0.0472. The number of hydrogen-bond acceptors (Lipinski definition) is 6. The molecule has 136 valence electrons. The lowest BCUT2D eigenvalue weighted by Crippen LogP contribution is -2.22. The molecule has 6 nitrogen and oxygen atoms in total. The van der Waals surface area contributed by atoms with Crippen molar-refractivity contribution in [2.75, 3.05) is 14.1 Å². The van der Waals surface area contributed by atoms with Crippen LogP contribution >= 0.6 is 11.3 Å². The summed E-state index contributed by atoms with van der Waals surface area (Å²) in [7, 11) is -0.721. The number of nitrogens with zero attached hydrogens (tertiary/aromatic N) is 2. The second kappa shape index (κ2) is 7.14. The van der Waals surface area contributed by atoms with E-state index in [0.29, 0.717) is 0 Å². The minimum atomic E-state index is -3.60. The minimum Gasteiger partial charge on any atom is -0.457 e. The minimum absolute atomic E-state index is 0.0521. The topological polar surface area (TPSA) is 76.6 Å². The van der Waals surface area contributed by atoms with E-state index in [9.17, 15) is 13.2 Å². The van der Waals surface area contributed by atoms with E-state index in [0.717, 1.165) is 25.1 Å². The number of benzene rings is 2. The molecule has 0 unspecified atom stereocenters. The summed E-state index contributed by atoms with van der Waals surface area (Å²) in [5.74, 6) is -0.574. The van der Waals surface area contributed by atoms with Crippen molar-refractivity contribution in [3.8, 4) is 0 Å². The van der Waals surface area contributed by atoms with E-state index in [-0.39, 0.29) is 17.1 Å². The summed E-state index contributed by atoms with van der Waals surface area (Å²) in [5.41, 5.74) is 1.90. The highest BCUT2D eigenvalue weighted by Gasteiger charge is 2.19. The van der Waals surface area contributed by atoms with Crippen LogP contribution < -0.4 is 0 Å². The van der Waals surface area contributed by atoms with E-state index in [1.54, 1.807) is 11.3 Å². The molecule has 3 aromatic rings. The van der Waals surface area contributed by atoms with Crippen molar-refractivity contribution in [1.82, 2.24) is 9.29 Å². The van der Waals surface area contributed by atoms with Crippen molar-refractivity contribution < 1.29 is 17.9 Å². The van der Waals surface area contributed by atoms with Gasteiger partial charge in [-0.1, -0.05) is 12.1 Å². The van der Waals surface area contributed by atoms with E-state index in [4.69, 9.17) is 4.74 Å². The van der Waals surface area contributed by atoms with Crippen LogP contribution in [-0.2, 0) is 21.4 Å². The first-order chi connectivity index (χ1) is 12.3. The van der Waals surface area contributed by atoms with Crippen molar-refractivity contribution in [3.05, 3.63) is 58.6 Å². The lowest BCUT2D eigenvalue weighted by Gasteiger charge is -2.12. The number of thiazole rings is 1. The van der Waals surface area contributed by atoms with Gasteiger partial charge in [0.2, 0.25) is 10.0 Å². The molecule has 1 heterocycles. The highest BCUT2D eigenvalue weighted by molar-refractivity contribution is 7.89. The van der Waals surface area contributed by atoms with Crippen LogP contribution in [0.2, 0.25) is 0 Å². The van der Waals surface area contributed by atoms with Crippen LogP contribution in [0.4, 0.5) is 0 Å². The number of aryl methyl sites for hydroxylation is 1. The molecule has 0 aliphatic rings. The fraction of sp³-hybridized carbons (Fsp3) is 0.222. The number of sulfonamides is 1. The first kappa shape index (κ1) is 18.5. The zero-order chi connectivity index (χ0) is 18.9. The molecule has 0 aliphatic heterocycles. The molecule has 0 aliphatic carbocycles. The van der Waals surface area contributed by atoms with Gasteiger partial charge in [-0.3, -0.25) is 0 Å². The molecule has 0 spiro atoms. The summed E-state index contributed by atoms with van der Waals surface area (Å²) < 4.78 is 31.9. The molecule has 2 aromatic carbocycles. The van der Waals surface area contributed by atoms with Gasteiger partial charge in [-0.25, -0.2) is 22.5 Å². The van der Waals surface area contributed by atoms with Crippen molar-refractivity contribution >= 4 is 37.5 Å². The van der Waals surface area contributed by atoms with Crippen LogP contribution in [0.15, 0.2) is 47.4 Å². The highest BCUT2D eigenvalue weighted by atomic mass is 32.2. The maximum Gasteiger partial charge on any atom is 0.338 e. The SMILES string of the molecule is Cc1nc2cc(COC(=O)c3cccc(S(=O)(=O)N(C)C)c3)ccc2s1. The summed E-state index contributed by atoms with van der Waals surface area (Å²) in [6, 6.07) is 11.6. The van der Waals surface area contributed by atoms with Crippen LogP contribution in [0.1, 0.15) is 20.9 Å². The molecule has 1 aromatic heterocycles. The molecule has 0 amide bonds. The Bertz CT molecular complexity index is 1070. The molecular formula is C18H18N2O4S2. The second-order valence-corrected chi connectivity index (χ2v) is 9.31. The van der Waals surface area contributed by atoms with Crippen molar-refractivity contribution in [3.63, 3.8) is 0 Å². The third-order valence-corrected chi connectivity index (χ3v) is 6.54. The fourth-order valence-electron chi connectivity index (χ4n) is 2.40. The van der Waals surface area contributed by atoms with E-state index in [1.807, 2.05) is 25.1 Å². The maximum atomic E-state index is 12.3. The van der Waals surface area contributed by atoms with E-state index >= 15 is 0 Å². The van der Waals surface area contributed by atoms with Gasteiger partial charge in [0.05, 0.1) is 25.7 Å². The van der Waals surface area contributed by atoms with Crippen LogP contribution in [0.5, 0.6) is 0 Å². The molecule has 0 bridgehead atoms. The van der Waals surface area contributed by atoms with Crippen LogP contribution in [-0.4, -0.2) is 37.8 Å². The third-order valence-electron chi connectivity index (χ3n) is 3.78. The molecule has 0 saturated heterocycles. The largest absolute Gasteiger partial charge is 0.457 e. The van der Waals surface area contributed by atoms with Crippen molar-refractivity contribution in [2.24, 2.45) is 0 Å². The third kappa shape index (κ3) is 3.77. The Balaban J connectivity index is 1.75. The molecule has 0 saturated carbocycles. The van der Waals surface area contributed by atoms with Crippen molar-refractivity contribution in [2.45, 2.75) is 18.4 Å². The van der Waals surface area contributed by atoms with Gasteiger partial charge in [-0.15, -0.1) is 11.3 Å². The quantitative estimate of drug-likeness (QED) is 0.625.